The second-order valence-corrected chi connectivity index (χ2v) is 9.02. The van der Waals surface area contributed by atoms with E-state index in [4.69, 9.17) is 0 Å². The summed E-state index contributed by atoms with van der Waals surface area (Å²) in [5.41, 5.74) is 4.49. The molecule has 8 heteroatoms. The molecule has 1 saturated carbocycles. The number of rotatable bonds is 7. The fourth-order valence-corrected chi connectivity index (χ4v) is 3.98. The Morgan fingerprint density at radius 3 is 2.62 bits per heavy atom. The van der Waals surface area contributed by atoms with Crippen LogP contribution in [-0.4, -0.2) is 43.5 Å². The number of nitriles is 1. The molecule has 0 spiro atoms. The lowest BCUT2D eigenvalue weighted by atomic mass is 9.64. The van der Waals surface area contributed by atoms with Gasteiger partial charge in [-0.25, -0.2) is 9.67 Å². The number of aryl methyl sites for hydroxylation is 2. The van der Waals surface area contributed by atoms with Gasteiger partial charge in [0, 0.05) is 25.1 Å². The van der Waals surface area contributed by atoms with Crippen molar-refractivity contribution in [3.8, 4) is 11.8 Å². The predicted molar refractivity (Wildman–Crippen MR) is 126 cm³/mol. The first-order chi connectivity index (χ1) is 15.3. The Hall–Kier alpha value is -3.44. The largest absolute Gasteiger partial charge is 0.392 e. The van der Waals surface area contributed by atoms with Crippen LogP contribution in [0.15, 0.2) is 36.5 Å². The van der Waals surface area contributed by atoms with Crippen LogP contribution in [0.4, 0.5) is 11.8 Å². The van der Waals surface area contributed by atoms with Crippen LogP contribution in [0.1, 0.15) is 44.2 Å². The van der Waals surface area contributed by atoms with E-state index in [0.717, 1.165) is 23.5 Å². The van der Waals surface area contributed by atoms with Gasteiger partial charge in [-0.2, -0.15) is 15.3 Å². The van der Waals surface area contributed by atoms with Crippen molar-refractivity contribution in [1.82, 2.24) is 19.7 Å². The maximum atomic E-state index is 9.97. The van der Waals surface area contributed by atoms with Crippen LogP contribution in [0.5, 0.6) is 0 Å². The molecule has 1 aromatic carbocycles. The quantitative estimate of drug-likeness (QED) is 0.522. The van der Waals surface area contributed by atoms with E-state index in [1.54, 1.807) is 0 Å². The summed E-state index contributed by atoms with van der Waals surface area (Å²) in [5, 5.41) is 30.4. The van der Waals surface area contributed by atoms with Crippen LogP contribution >= 0.6 is 0 Å². The van der Waals surface area contributed by atoms with E-state index in [9.17, 15) is 10.4 Å². The predicted octanol–water partition coefficient (Wildman–Crippen LogP) is 3.62. The molecule has 1 aliphatic carbocycles. The van der Waals surface area contributed by atoms with E-state index in [-0.39, 0.29) is 19.0 Å². The van der Waals surface area contributed by atoms with Gasteiger partial charge in [0.1, 0.15) is 17.5 Å². The molecule has 0 radical (unpaired) electrons. The normalized spacial score (nSPS) is 19.1. The fourth-order valence-electron chi connectivity index (χ4n) is 3.98. The number of benzene rings is 1. The lowest BCUT2D eigenvalue weighted by molar-refractivity contribution is -0.0511. The zero-order valence-corrected chi connectivity index (χ0v) is 18.9. The number of nitrogens with zero attached hydrogens (tertiary/aromatic N) is 5. The Labute approximate surface area is 189 Å². The number of nitrogens with one attached hydrogen (secondary N) is 2. The minimum Gasteiger partial charge on any atom is -0.392 e. The molecule has 0 bridgehead atoms. The first-order valence-electron chi connectivity index (χ1n) is 10.9. The minimum absolute atomic E-state index is 0. The molecule has 8 nitrogen and oxygen atoms in total. The summed E-state index contributed by atoms with van der Waals surface area (Å²) >= 11 is 0. The molecular weight excluding hydrogens is 402 g/mol. The zero-order chi connectivity index (χ0) is 22.9. The molecule has 2 heterocycles. The first-order valence-corrected chi connectivity index (χ1v) is 10.9. The average Bonchev–Trinajstić information content (AvgIpc) is 3.12. The van der Waals surface area contributed by atoms with Crippen molar-refractivity contribution < 1.29 is 6.53 Å². The van der Waals surface area contributed by atoms with Gasteiger partial charge in [0.05, 0.1) is 23.7 Å². The fraction of sp³-hybridized carbons (Fsp3) is 0.417. The summed E-state index contributed by atoms with van der Waals surface area (Å²) in [6.07, 6.45) is 2.63. The summed E-state index contributed by atoms with van der Waals surface area (Å²) < 4.78 is 1.94. The number of hydrogen-bond donors (Lipinski definition) is 3. The maximum absolute atomic E-state index is 9.97. The summed E-state index contributed by atoms with van der Waals surface area (Å²) in [6.45, 7) is 8.72. The van der Waals surface area contributed by atoms with Gasteiger partial charge < -0.3 is 15.7 Å². The van der Waals surface area contributed by atoms with E-state index < -0.39 is 0 Å². The number of aliphatic hydroxyl groups is 1. The Bertz CT molecular complexity index is 1150. The Kier molecular flexibility index (Phi) is 5.85. The third-order valence-corrected chi connectivity index (χ3v) is 6.32. The number of aromatic nitrogens is 4. The van der Waals surface area contributed by atoms with E-state index in [1.807, 2.05) is 32.4 Å². The SMILES string of the molecule is Cc1cc(C)n(-c2ccc(CCNc3ncc(C#N)c(N[C@@H]4C[C@H](O)C4(C)C)n3)cc2)n1.[HH]. The standard InChI is InChI=1S/C24H29N7O.H2/c1-15-11-16(2)31(30-15)19-7-5-17(6-8-19)9-10-26-23-27-14-18(13-25)22(29-23)28-20-12-21(32)24(20,3)4;/h5-8,11,14,20-21,32H,9-10,12H2,1-4H3,(H2,26,27,28,29);1H/t20-,21+;/m1./s1. The highest BCUT2D eigenvalue weighted by atomic mass is 16.3. The third kappa shape index (κ3) is 4.30. The zero-order valence-electron chi connectivity index (χ0n) is 18.9. The van der Waals surface area contributed by atoms with Gasteiger partial charge in [-0.3, -0.25) is 0 Å². The van der Waals surface area contributed by atoms with Crippen molar-refractivity contribution in [2.45, 2.75) is 52.7 Å². The molecule has 0 saturated heterocycles. The topological polar surface area (TPSA) is 112 Å². The number of aliphatic hydroxyl groups excluding tert-OH is 1. The molecule has 2 aromatic heterocycles. The molecule has 4 rings (SSSR count). The van der Waals surface area contributed by atoms with Gasteiger partial charge >= 0.3 is 0 Å². The van der Waals surface area contributed by atoms with Gasteiger partial charge in [0.15, 0.2) is 0 Å². The molecule has 0 amide bonds. The second-order valence-electron chi connectivity index (χ2n) is 9.02. The van der Waals surface area contributed by atoms with Crippen molar-refractivity contribution in [3.63, 3.8) is 0 Å². The molecular formula is C24H31N7O. The van der Waals surface area contributed by atoms with Crippen LogP contribution in [0, 0.1) is 30.6 Å². The Balaban J connectivity index is 0.00000306. The summed E-state index contributed by atoms with van der Waals surface area (Å²) in [7, 11) is 0. The highest BCUT2D eigenvalue weighted by Gasteiger charge is 2.47. The monoisotopic (exact) mass is 433 g/mol. The smallest absolute Gasteiger partial charge is 0.224 e. The molecule has 168 valence electrons. The molecule has 1 aliphatic rings. The Morgan fingerprint density at radius 2 is 2.03 bits per heavy atom. The molecule has 3 N–H and O–H groups in total. The van der Waals surface area contributed by atoms with Crippen LogP contribution < -0.4 is 10.6 Å². The van der Waals surface area contributed by atoms with Gasteiger partial charge in [0.2, 0.25) is 5.95 Å². The molecule has 0 unspecified atom stereocenters. The van der Waals surface area contributed by atoms with Crippen molar-refractivity contribution in [2.24, 2.45) is 5.41 Å². The van der Waals surface area contributed by atoms with Crippen molar-refractivity contribution in [2.75, 3.05) is 17.2 Å². The highest BCUT2D eigenvalue weighted by Crippen LogP contribution is 2.42. The minimum atomic E-state index is -0.349. The van der Waals surface area contributed by atoms with Crippen LogP contribution in [-0.2, 0) is 6.42 Å². The third-order valence-electron chi connectivity index (χ3n) is 6.32. The molecule has 1 fully saturated rings. The molecule has 0 aliphatic heterocycles. The van der Waals surface area contributed by atoms with Gasteiger partial charge in [-0.05, 0) is 50.5 Å². The van der Waals surface area contributed by atoms with Crippen LogP contribution in [0.25, 0.3) is 5.69 Å². The first kappa shape index (κ1) is 21.8. The maximum Gasteiger partial charge on any atom is 0.224 e. The molecule has 3 aromatic rings. The second kappa shape index (κ2) is 8.60. The summed E-state index contributed by atoms with van der Waals surface area (Å²) in [5.74, 6) is 0.979. The van der Waals surface area contributed by atoms with Crippen LogP contribution in [0.3, 0.4) is 0 Å². The van der Waals surface area contributed by atoms with Gasteiger partial charge in [-0.1, -0.05) is 26.0 Å². The highest BCUT2D eigenvalue weighted by molar-refractivity contribution is 5.54. The molecule has 32 heavy (non-hydrogen) atoms. The van der Waals surface area contributed by atoms with Gasteiger partial charge in [0.25, 0.3) is 0 Å². The van der Waals surface area contributed by atoms with E-state index >= 15 is 0 Å². The van der Waals surface area contributed by atoms with E-state index in [1.165, 1.54) is 11.8 Å². The lowest BCUT2D eigenvalue weighted by Gasteiger charge is -2.49. The van der Waals surface area contributed by atoms with E-state index in [0.29, 0.717) is 30.3 Å². The number of hydrogen-bond acceptors (Lipinski definition) is 7. The summed E-state index contributed by atoms with van der Waals surface area (Å²) in [4.78, 5) is 8.77. The number of anilines is 2. The lowest BCUT2D eigenvalue weighted by Crippen LogP contribution is -2.57. The van der Waals surface area contributed by atoms with Crippen molar-refractivity contribution in [1.29, 1.82) is 5.26 Å². The van der Waals surface area contributed by atoms with Crippen molar-refractivity contribution in [3.05, 3.63) is 59.0 Å². The van der Waals surface area contributed by atoms with Crippen molar-refractivity contribution >= 4 is 11.8 Å². The van der Waals surface area contributed by atoms with E-state index in [2.05, 4.69) is 62.1 Å². The molecule has 2 atom stereocenters. The summed E-state index contributed by atoms with van der Waals surface area (Å²) in [6, 6.07) is 12.6. The Morgan fingerprint density at radius 1 is 1.28 bits per heavy atom. The van der Waals surface area contributed by atoms with Gasteiger partial charge in [-0.15, -0.1) is 0 Å². The average molecular weight is 434 g/mol. The van der Waals surface area contributed by atoms with Crippen LogP contribution in [0.2, 0.25) is 0 Å².